The van der Waals surface area contributed by atoms with E-state index in [1.54, 1.807) is 18.2 Å². The van der Waals surface area contributed by atoms with Crippen LogP contribution in [0.15, 0.2) is 24.3 Å². The number of para-hydroxylation sites is 1. The molecule has 0 aliphatic carbocycles. The van der Waals surface area contributed by atoms with Crippen LogP contribution in [0.1, 0.15) is 5.56 Å². The normalized spacial score (nSPS) is 8.92. The number of amides is 1. The third kappa shape index (κ3) is 2.50. The lowest BCUT2D eigenvalue weighted by molar-refractivity contribution is -0.113. The van der Waals surface area contributed by atoms with Gasteiger partial charge in [0.05, 0.1) is 5.69 Å². The second-order valence-electron chi connectivity index (χ2n) is 2.37. The van der Waals surface area contributed by atoms with E-state index < -0.39 is 0 Å². The minimum Gasteiger partial charge on any atom is -0.324 e. The van der Waals surface area contributed by atoms with Crippen LogP contribution in [0.4, 0.5) is 5.69 Å². The van der Waals surface area contributed by atoms with Gasteiger partial charge in [-0.2, -0.15) is 0 Å². The number of carbonyl (C=O) groups is 1. The maximum absolute atomic E-state index is 10.9. The van der Waals surface area contributed by atoms with Gasteiger partial charge in [0.2, 0.25) is 5.91 Å². The predicted octanol–water partition coefficient (Wildman–Crippen LogP) is 1.85. The highest BCUT2D eigenvalue weighted by Gasteiger charge is 2.02. The number of alkyl halides is 1. The molecule has 0 radical (unpaired) electrons. The molecule has 3 heteroatoms. The molecular weight excluding hydrogens is 186 g/mol. The smallest absolute Gasteiger partial charge is 0.239 e. The summed E-state index contributed by atoms with van der Waals surface area (Å²) in [6.45, 7) is 0. The van der Waals surface area contributed by atoms with Gasteiger partial charge in [-0.3, -0.25) is 4.79 Å². The summed E-state index contributed by atoms with van der Waals surface area (Å²) < 4.78 is 0. The number of benzene rings is 1. The van der Waals surface area contributed by atoms with Crippen LogP contribution in [0.3, 0.4) is 0 Å². The Morgan fingerprint density at radius 1 is 1.54 bits per heavy atom. The monoisotopic (exact) mass is 193 g/mol. The van der Waals surface area contributed by atoms with Gasteiger partial charge in [0.15, 0.2) is 0 Å². The number of rotatable bonds is 2. The second kappa shape index (κ2) is 4.54. The second-order valence-corrected chi connectivity index (χ2v) is 2.64. The molecule has 0 fully saturated rings. The maximum atomic E-state index is 10.9. The molecule has 0 saturated heterocycles. The van der Waals surface area contributed by atoms with Gasteiger partial charge < -0.3 is 5.32 Å². The van der Waals surface area contributed by atoms with Gasteiger partial charge in [-0.15, -0.1) is 18.0 Å². The molecule has 13 heavy (non-hydrogen) atoms. The Kier molecular flexibility index (Phi) is 3.36. The third-order valence-electron chi connectivity index (χ3n) is 1.48. The van der Waals surface area contributed by atoms with E-state index in [4.69, 9.17) is 18.0 Å². The van der Waals surface area contributed by atoms with Crippen molar-refractivity contribution in [2.24, 2.45) is 0 Å². The molecule has 0 atom stereocenters. The van der Waals surface area contributed by atoms with Crippen LogP contribution >= 0.6 is 11.6 Å². The van der Waals surface area contributed by atoms with Crippen LogP contribution in [0.2, 0.25) is 0 Å². The molecule has 1 aromatic rings. The zero-order valence-corrected chi connectivity index (χ0v) is 7.64. The van der Waals surface area contributed by atoms with Crippen molar-refractivity contribution < 1.29 is 4.79 Å². The van der Waals surface area contributed by atoms with Crippen molar-refractivity contribution in [2.45, 2.75) is 0 Å². The van der Waals surface area contributed by atoms with Crippen molar-refractivity contribution in [1.29, 1.82) is 0 Å². The van der Waals surface area contributed by atoms with E-state index in [1.165, 1.54) is 0 Å². The number of anilines is 1. The summed E-state index contributed by atoms with van der Waals surface area (Å²) >= 11 is 5.33. The summed E-state index contributed by atoms with van der Waals surface area (Å²) in [5, 5.41) is 2.60. The topological polar surface area (TPSA) is 29.1 Å². The zero-order chi connectivity index (χ0) is 9.68. The third-order valence-corrected chi connectivity index (χ3v) is 1.72. The standard InChI is InChI=1S/C10H8ClNO/c1-2-8-5-3-4-6-9(8)12-10(13)7-11/h1,3-6H,7H2,(H,12,13). The number of hydrogen-bond donors (Lipinski definition) is 1. The molecule has 1 N–H and O–H groups in total. The molecule has 1 rings (SSSR count). The molecule has 0 spiro atoms. The van der Waals surface area contributed by atoms with Crippen molar-refractivity contribution in [2.75, 3.05) is 11.2 Å². The highest BCUT2D eigenvalue weighted by Crippen LogP contribution is 2.13. The number of halogens is 1. The number of terminal acetylenes is 1. The van der Waals surface area contributed by atoms with Crippen molar-refractivity contribution in [3.8, 4) is 12.3 Å². The van der Waals surface area contributed by atoms with Crippen LogP contribution in [-0.2, 0) is 4.79 Å². The SMILES string of the molecule is C#Cc1ccccc1NC(=O)CCl. The first kappa shape index (κ1) is 9.63. The van der Waals surface area contributed by atoms with E-state index in [0.717, 1.165) is 0 Å². The van der Waals surface area contributed by atoms with Gasteiger partial charge in [0, 0.05) is 5.56 Å². The van der Waals surface area contributed by atoms with E-state index in [-0.39, 0.29) is 11.8 Å². The van der Waals surface area contributed by atoms with Crippen molar-refractivity contribution >= 4 is 23.2 Å². The van der Waals surface area contributed by atoms with Gasteiger partial charge in [0.25, 0.3) is 0 Å². The summed E-state index contributed by atoms with van der Waals surface area (Å²) in [4.78, 5) is 10.9. The molecule has 66 valence electrons. The first-order chi connectivity index (χ1) is 6.27. The Morgan fingerprint density at radius 2 is 2.23 bits per heavy atom. The number of hydrogen-bond acceptors (Lipinski definition) is 1. The van der Waals surface area contributed by atoms with Gasteiger partial charge >= 0.3 is 0 Å². The van der Waals surface area contributed by atoms with Gasteiger partial charge in [-0.25, -0.2) is 0 Å². The van der Waals surface area contributed by atoms with E-state index in [0.29, 0.717) is 11.3 Å². The first-order valence-electron chi connectivity index (χ1n) is 3.69. The summed E-state index contributed by atoms with van der Waals surface area (Å²) in [5.41, 5.74) is 1.27. The fourth-order valence-electron chi connectivity index (χ4n) is 0.902. The van der Waals surface area contributed by atoms with Crippen molar-refractivity contribution in [3.63, 3.8) is 0 Å². The Balaban J connectivity index is 2.89. The molecule has 0 bridgehead atoms. The predicted molar refractivity (Wildman–Crippen MR) is 53.7 cm³/mol. The summed E-state index contributed by atoms with van der Waals surface area (Å²) in [6, 6.07) is 7.10. The molecule has 0 aliphatic heterocycles. The minimum atomic E-state index is -0.260. The van der Waals surface area contributed by atoms with E-state index in [1.807, 2.05) is 6.07 Å². The van der Waals surface area contributed by atoms with Crippen LogP contribution in [0, 0.1) is 12.3 Å². The summed E-state index contributed by atoms with van der Waals surface area (Å²) in [5.74, 6) is 2.14. The lowest BCUT2D eigenvalue weighted by Gasteiger charge is -2.04. The van der Waals surface area contributed by atoms with E-state index in [9.17, 15) is 4.79 Å². The first-order valence-corrected chi connectivity index (χ1v) is 4.23. The molecule has 0 unspecified atom stereocenters. The van der Waals surface area contributed by atoms with E-state index >= 15 is 0 Å². The van der Waals surface area contributed by atoms with E-state index in [2.05, 4.69) is 11.2 Å². The summed E-state index contributed by atoms with van der Waals surface area (Å²) in [6.07, 6.45) is 5.23. The van der Waals surface area contributed by atoms with Crippen LogP contribution in [0.5, 0.6) is 0 Å². The maximum Gasteiger partial charge on any atom is 0.239 e. The lowest BCUT2D eigenvalue weighted by Crippen LogP contribution is -2.13. The number of nitrogens with one attached hydrogen (secondary N) is 1. The Bertz CT molecular complexity index is 354. The Labute approximate surface area is 81.9 Å². The average molecular weight is 194 g/mol. The van der Waals surface area contributed by atoms with Crippen molar-refractivity contribution in [3.05, 3.63) is 29.8 Å². The zero-order valence-electron chi connectivity index (χ0n) is 6.88. The van der Waals surface area contributed by atoms with Crippen molar-refractivity contribution in [1.82, 2.24) is 0 Å². The van der Waals surface area contributed by atoms with Crippen LogP contribution < -0.4 is 5.32 Å². The molecule has 0 aromatic heterocycles. The van der Waals surface area contributed by atoms with Crippen LogP contribution in [-0.4, -0.2) is 11.8 Å². The fourth-order valence-corrected chi connectivity index (χ4v) is 0.968. The molecule has 1 amide bonds. The number of carbonyl (C=O) groups excluding carboxylic acids is 1. The van der Waals surface area contributed by atoms with Crippen LogP contribution in [0.25, 0.3) is 0 Å². The minimum absolute atomic E-state index is 0.0705. The highest BCUT2D eigenvalue weighted by molar-refractivity contribution is 6.29. The lowest BCUT2D eigenvalue weighted by atomic mass is 10.2. The highest BCUT2D eigenvalue weighted by atomic mass is 35.5. The fraction of sp³-hybridized carbons (Fsp3) is 0.100. The van der Waals surface area contributed by atoms with Gasteiger partial charge in [-0.05, 0) is 12.1 Å². The summed E-state index contributed by atoms with van der Waals surface area (Å²) in [7, 11) is 0. The Hall–Kier alpha value is -1.46. The molecule has 2 nitrogen and oxygen atoms in total. The average Bonchev–Trinajstić information content (AvgIpc) is 2.18. The quantitative estimate of drug-likeness (QED) is 0.564. The molecule has 0 heterocycles. The molecule has 1 aromatic carbocycles. The Morgan fingerprint density at radius 3 is 2.85 bits per heavy atom. The van der Waals surface area contributed by atoms with Gasteiger partial charge in [-0.1, -0.05) is 18.1 Å². The molecular formula is C10H8ClNO. The molecule has 0 aliphatic rings. The van der Waals surface area contributed by atoms with Gasteiger partial charge in [0.1, 0.15) is 5.88 Å². The molecule has 0 saturated carbocycles. The largest absolute Gasteiger partial charge is 0.324 e.